The lowest BCUT2D eigenvalue weighted by Crippen LogP contribution is -2.42. The minimum Gasteiger partial charge on any atom is -0.440 e. The summed E-state index contributed by atoms with van der Waals surface area (Å²) in [5.41, 5.74) is 0.457. The molecule has 3 aromatic rings. The molecule has 1 N–H and O–H groups in total. The van der Waals surface area contributed by atoms with Gasteiger partial charge in [0.1, 0.15) is 22.7 Å². The van der Waals surface area contributed by atoms with E-state index >= 15 is 0 Å². The molecule has 1 aliphatic heterocycles. The Balaban J connectivity index is 1.35. The van der Waals surface area contributed by atoms with Crippen LogP contribution >= 0.6 is 0 Å². The number of hydrogen-bond donors (Lipinski definition) is 1. The van der Waals surface area contributed by atoms with Gasteiger partial charge in [-0.2, -0.15) is 18.4 Å². The molecule has 1 aromatic carbocycles. The average molecular weight is 614 g/mol. The number of carbonyl (C=O) groups excluding carboxylic acids is 1. The molecule has 2 unspecified atom stereocenters. The second-order valence-electron chi connectivity index (χ2n) is 11.5. The average Bonchev–Trinajstić information content (AvgIpc) is 3.63. The van der Waals surface area contributed by atoms with Gasteiger partial charge in [-0.15, -0.1) is 0 Å². The van der Waals surface area contributed by atoms with Crippen LogP contribution in [0.3, 0.4) is 0 Å². The molecule has 43 heavy (non-hydrogen) atoms. The summed E-state index contributed by atoms with van der Waals surface area (Å²) in [5, 5.41) is 12.4. The van der Waals surface area contributed by atoms with E-state index in [9.17, 15) is 31.6 Å². The lowest BCUT2D eigenvalue weighted by molar-refractivity contribution is -0.141. The number of rotatable bonds is 6. The molecule has 1 saturated heterocycles. The topological polar surface area (TPSA) is 129 Å². The van der Waals surface area contributed by atoms with Crippen LogP contribution in [0, 0.1) is 17.2 Å². The molecule has 2 atom stereocenters. The fraction of sp³-hybridized carbons (Fsp3) is 0.467. The summed E-state index contributed by atoms with van der Waals surface area (Å²) in [7, 11) is -3.03. The Labute approximate surface area is 247 Å². The van der Waals surface area contributed by atoms with Gasteiger partial charge < -0.3 is 14.6 Å². The number of aromatic nitrogens is 2. The second-order valence-corrected chi connectivity index (χ2v) is 13.8. The Bertz CT molecular complexity index is 1650. The predicted octanol–water partition coefficient (Wildman–Crippen LogP) is 5.10. The number of pyridine rings is 1. The summed E-state index contributed by atoms with van der Waals surface area (Å²) in [6.45, 7) is 0.788. The molecule has 2 aliphatic carbocycles. The van der Waals surface area contributed by atoms with Gasteiger partial charge in [0.2, 0.25) is 11.8 Å². The van der Waals surface area contributed by atoms with E-state index in [0.717, 1.165) is 30.8 Å². The third-order valence-electron chi connectivity index (χ3n) is 8.57. The molecule has 3 fully saturated rings. The Morgan fingerprint density at radius 3 is 2.33 bits per heavy atom. The van der Waals surface area contributed by atoms with Crippen LogP contribution in [0.5, 0.6) is 0 Å². The molecule has 2 saturated carbocycles. The highest BCUT2D eigenvalue weighted by Gasteiger charge is 2.47. The van der Waals surface area contributed by atoms with Gasteiger partial charge >= 0.3 is 6.18 Å². The van der Waals surface area contributed by atoms with Crippen LogP contribution < -0.4 is 10.2 Å². The van der Waals surface area contributed by atoms with Crippen LogP contribution in [0.1, 0.15) is 55.9 Å². The van der Waals surface area contributed by atoms with Gasteiger partial charge in [-0.3, -0.25) is 9.78 Å². The number of nitrogens with one attached hydrogen (secondary N) is 1. The molecule has 0 spiro atoms. The molecule has 13 heteroatoms. The van der Waals surface area contributed by atoms with E-state index in [2.05, 4.69) is 16.4 Å². The maximum Gasteiger partial charge on any atom is 0.433 e. The van der Waals surface area contributed by atoms with Gasteiger partial charge in [0.15, 0.2) is 9.84 Å². The summed E-state index contributed by atoms with van der Waals surface area (Å²) in [4.78, 5) is 23.7. The number of sulfone groups is 1. The van der Waals surface area contributed by atoms with Gasteiger partial charge in [0.05, 0.1) is 23.1 Å². The number of carbonyl (C=O) groups is 1. The number of nitrogens with zero attached hydrogens (tertiary/aromatic N) is 4. The minimum absolute atomic E-state index is 0.0882. The molecule has 226 valence electrons. The van der Waals surface area contributed by atoms with E-state index in [1.165, 1.54) is 6.07 Å². The Morgan fingerprint density at radius 1 is 1.05 bits per heavy atom. The summed E-state index contributed by atoms with van der Waals surface area (Å²) >= 11 is 0. The molecule has 3 heterocycles. The van der Waals surface area contributed by atoms with Crippen LogP contribution in [0.2, 0.25) is 0 Å². The molecular formula is C30H30F3N5O4S. The molecule has 6 rings (SSSR count). The highest BCUT2D eigenvalue weighted by Crippen LogP contribution is 2.45. The van der Waals surface area contributed by atoms with Crippen molar-refractivity contribution >= 4 is 21.4 Å². The van der Waals surface area contributed by atoms with Gasteiger partial charge in [0.25, 0.3) is 0 Å². The van der Waals surface area contributed by atoms with E-state index in [1.54, 1.807) is 0 Å². The number of benzene rings is 1. The standard InChI is InChI=1S/C30H30F3N5O4S/c31-30(32,33)24-10-7-20(17-35-24)28-36-25(19-5-8-21(9-6-19)38-13-15-43(40,41)16-14-38)26(42-28)22-3-1-2-4-23(22)27(39)37-29(18-34)11-12-29/h5-10,17,22-23H,1-4,11-16H2,(H,37,39). The maximum absolute atomic E-state index is 13.4. The first kappa shape index (κ1) is 29.2. The number of alkyl halides is 3. The lowest BCUT2D eigenvalue weighted by atomic mass is 9.76. The Morgan fingerprint density at radius 2 is 1.72 bits per heavy atom. The highest BCUT2D eigenvalue weighted by molar-refractivity contribution is 7.91. The normalized spacial score (nSPS) is 22.9. The SMILES string of the molecule is N#CC1(NC(=O)C2CCCCC2c2oc(-c3ccc(C(F)(F)F)nc3)nc2-c2ccc(N3CCS(=O)(=O)CC3)cc2)CC1. The van der Waals surface area contributed by atoms with Crippen LogP contribution in [-0.2, 0) is 20.8 Å². The van der Waals surface area contributed by atoms with Crippen molar-refractivity contribution in [1.29, 1.82) is 5.26 Å². The summed E-state index contributed by atoms with van der Waals surface area (Å²) < 4.78 is 69.4. The van der Waals surface area contributed by atoms with Crippen molar-refractivity contribution in [1.82, 2.24) is 15.3 Å². The number of nitriles is 1. The summed E-state index contributed by atoms with van der Waals surface area (Å²) in [5.74, 6) is -0.284. The van der Waals surface area contributed by atoms with Gasteiger partial charge in [-0.1, -0.05) is 25.0 Å². The predicted molar refractivity (Wildman–Crippen MR) is 151 cm³/mol. The Hall–Kier alpha value is -3.92. The van der Waals surface area contributed by atoms with Gasteiger partial charge in [-0.05, 0) is 49.9 Å². The molecule has 3 aliphatic rings. The van der Waals surface area contributed by atoms with Crippen LogP contribution in [-0.4, -0.2) is 54.4 Å². The quantitative estimate of drug-likeness (QED) is 0.407. The first-order valence-corrected chi connectivity index (χ1v) is 16.1. The molecule has 2 aromatic heterocycles. The van der Waals surface area contributed by atoms with Crippen molar-refractivity contribution < 1.29 is 30.8 Å². The van der Waals surface area contributed by atoms with Crippen molar-refractivity contribution in [3.05, 3.63) is 54.0 Å². The highest BCUT2D eigenvalue weighted by atomic mass is 32.2. The number of anilines is 1. The summed E-state index contributed by atoms with van der Waals surface area (Å²) in [6, 6.07) is 11.8. The van der Waals surface area contributed by atoms with Crippen molar-refractivity contribution in [2.24, 2.45) is 5.92 Å². The van der Waals surface area contributed by atoms with Gasteiger partial charge in [-0.25, -0.2) is 13.4 Å². The van der Waals surface area contributed by atoms with Gasteiger partial charge in [0, 0.05) is 42.4 Å². The van der Waals surface area contributed by atoms with Crippen LogP contribution in [0.25, 0.3) is 22.7 Å². The third kappa shape index (κ3) is 6.11. The van der Waals surface area contributed by atoms with E-state index in [4.69, 9.17) is 9.40 Å². The molecule has 0 bridgehead atoms. The molecule has 9 nitrogen and oxygen atoms in total. The van der Waals surface area contributed by atoms with Crippen LogP contribution in [0.4, 0.5) is 18.9 Å². The largest absolute Gasteiger partial charge is 0.440 e. The fourth-order valence-corrected chi connectivity index (χ4v) is 7.08. The molecule has 1 amide bonds. The number of hydrogen-bond acceptors (Lipinski definition) is 8. The lowest BCUT2D eigenvalue weighted by Gasteiger charge is -2.30. The first-order chi connectivity index (χ1) is 20.5. The van der Waals surface area contributed by atoms with Crippen molar-refractivity contribution in [2.75, 3.05) is 29.5 Å². The zero-order valence-electron chi connectivity index (χ0n) is 23.2. The minimum atomic E-state index is -4.59. The van der Waals surface area contributed by atoms with Crippen molar-refractivity contribution in [2.45, 2.75) is 56.2 Å². The van der Waals surface area contributed by atoms with Crippen LogP contribution in [0.15, 0.2) is 47.0 Å². The first-order valence-electron chi connectivity index (χ1n) is 14.3. The van der Waals surface area contributed by atoms with Crippen molar-refractivity contribution in [3.8, 4) is 28.8 Å². The maximum atomic E-state index is 13.4. The smallest absolute Gasteiger partial charge is 0.433 e. The van der Waals surface area contributed by atoms with E-state index in [-0.39, 0.29) is 34.8 Å². The number of amides is 1. The van der Waals surface area contributed by atoms with E-state index in [0.29, 0.717) is 55.8 Å². The van der Waals surface area contributed by atoms with Crippen molar-refractivity contribution in [3.63, 3.8) is 0 Å². The molecular weight excluding hydrogens is 583 g/mol. The summed E-state index contributed by atoms with van der Waals surface area (Å²) in [6.07, 6.45) is 0.652. The third-order valence-corrected chi connectivity index (χ3v) is 10.2. The van der Waals surface area contributed by atoms with E-state index < -0.39 is 33.2 Å². The fourth-order valence-electron chi connectivity index (χ4n) is 5.88. The monoisotopic (exact) mass is 613 g/mol. The zero-order valence-corrected chi connectivity index (χ0v) is 24.0. The van der Waals surface area contributed by atoms with E-state index in [1.807, 2.05) is 29.2 Å². The number of halogens is 3. The second kappa shape index (κ2) is 11.0. The number of oxazole rings is 1. The Kier molecular flexibility index (Phi) is 7.44. The molecule has 0 radical (unpaired) electrons. The zero-order chi connectivity index (χ0) is 30.4.